The van der Waals surface area contributed by atoms with E-state index < -0.39 is 5.60 Å². The number of piperidine rings is 1. The predicted molar refractivity (Wildman–Crippen MR) is 82.4 cm³/mol. The average molecular weight is 273 g/mol. The van der Waals surface area contributed by atoms with Gasteiger partial charge in [-0.05, 0) is 43.6 Å². The minimum Gasteiger partial charge on any atom is -0.390 e. The van der Waals surface area contributed by atoms with Crippen LogP contribution in [0.3, 0.4) is 0 Å². The number of hydrogen-bond acceptors (Lipinski definition) is 2. The molecule has 2 aliphatic heterocycles. The van der Waals surface area contributed by atoms with Crippen LogP contribution in [0, 0.1) is 5.92 Å². The zero-order valence-corrected chi connectivity index (χ0v) is 12.8. The van der Waals surface area contributed by atoms with Gasteiger partial charge in [-0.25, -0.2) is 0 Å². The molecule has 2 fully saturated rings. The van der Waals surface area contributed by atoms with Crippen molar-refractivity contribution in [2.75, 3.05) is 0 Å². The molecule has 2 heterocycles. The molecule has 2 saturated heterocycles. The van der Waals surface area contributed by atoms with Crippen molar-refractivity contribution >= 4 is 0 Å². The van der Waals surface area contributed by atoms with Gasteiger partial charge < -0.3 is 5.11 Å². The van der Waals surface area contributed by atoms with E-state index in [1.165, 1.54) is 18.4 Å². The first-order chi connectivity index (χ1) is 9.56. The second-order valence-electron chi connectivity index (χ2n) is 7.27. The van der Waals surface area contributed by atoms with E-state index in [1.54, 1.807) is 0 Å². The van der Waals surface area contributed by atoms with Crippen LogP contribution in [0.2, 0.25) is 0 Å². The number of fused-ring (bicyclic) bond motifs is 2. The molecule has 2 aliphatic rings. The molecule has 0 aromatic heterocycles. The van der Waals surface area contributed by atoms with Crippen molar-refractivity contribution < 1.29 is 5.11 Å². The molecule has 2 atom stereocenters. The molecule has 0 aliphatic carbocycles. The van der Waals surface area contributed by atoms with Crippen molar-refractivity contribution in [1.29, 1.82) is 0 Å². The molecule has 1 aromatic carbocycles. The molecule has 3 rings (SSSR count). The molecule has 0 amide bonds. The lowest BCUT2D eigenvalue weighted by Crippen LogP contribution is -2.51. The number of nitrogens with zero attached hydrogens (tertiary/aromatic N) is 1. The molecule has 1 N–H and O–H groups in total. The SMILES string of the molecule is CC(C)CC1(O)CC2CCC(C1)N2Cc1ccccc1. The van der Waals surface area contributed by atoms with E-state index in [9.17, 15) is 5.11 Å². The summed E-state index contributed by atoms with van der Waals surface area (Å²) in [6.07, 6.45) is 5.41. The van der Waals surface area contributed by atoms with Gasteiger partial charge in [0.15, 0.2) is 0 Å². The molecular formula is C18H27NO. The average Bonchev–Trinajstić information content (AvgIpc) is 2.64. The number of rotatable bonds is 4. The summed E-state index contributed by atoms with van der Waals surface area (Å²) in [4.78, 5) is 2.64. The third kappa shape index (κ3) is 2.91. The molecule has 20 heavy (non-hydrogen) atoms. The molecule has 2 nitrogen and oxygen atoms in total. The molecular weight excluding hydrogens is 246 g/mol. The van der Waals surface area contributed by atoms with Gasteiger partial charge in [-0.1, -0.05) is 44.2 Å². The lowest BCUT2D eigenvalue weighted by Gasteiger charge is -2.44. The monoisotopic (exact) mass is 273 g/mol. The van der Waals surface area contributed by atoms with Crippen molar-refractivity contribution in [2.24, 2.45) is 5.92 Å². The summed E-state index contributed by atoms with van der Waals surface area (Å²) in [5, 5.41) is 10.9. The first-order valence-corrected chi connectivity index (χ1v) is 8.08. The quantitative estimate of drug-likeness (QED) is 0.906. The van der Waals surface area contributed by atoms with Crippen LogP contribution in [-0.2, 0) is 6.54 Å². The second kappa shape index (κ2) is 5.50. The fraction of sp³-hybridized carbons (Fsp3) is 0.667. The highest BCUT2D eigenvalue weighted by molar-refractivity contribution is 5.16. The normalized spacial score (nSPS) is 33.8. The molecule has 110 valence electrons. The highest BCUT2D eigenvalue weighted by Crippen LogP contribution is 2.43. The Hall–Kier alpha value is -0.860. The fourth-order valence-corrected chi connectivity index (χ4v) is 4.39. The summed E-state index contributed by atoms with van der Waals surface area (Å²) < 4.78 is 0. The molecule has 0 radical (unpaired) electrons. The standard InChI is InChI=1S/C18H27NO/c1-14(2)10-18(20)11-16-8-9-17(12-18)19(16)13-15-6-4-3-5-7-15/h3-7,14,16-17,20H,8-13H2,1-2H3. The molecule has 0 saturated carbocycles. The third-order valence-electron chi connectivity index (χ3n) is 5.00. The smallest absolute Gasteiger partial charge is 0.0680 e. The number of benzene rings is 1. The summed E-state index contributed by atoms with van der Waals surface area (Å²) in [6.45, 7) is 5.49. The zero-order valence-electron chi connectivity index (χ0n) is 12.8. The van der Waals surface area contributed by atoms with Crippen LogP contribution in [0.25, 0.3) is 0 Å². The second-order valence-corrected chi connectivity index (χ2v) is 7.27. The Kier molecular flexibility index (Phi) is 3.87. The lowest BCUT2D eigenvalue weighted by atomic mass is 9.80. The summed E-state index contributed by atoms with van der Waals surface area (Å²) in [7, 11) is 0. The first kappa shape index (κ1) is 14.1. The van der Waals surface area contributed by atoms with E-state index in [-0.39, 0.29) is 0 Å². The minimum atomic E-state index is -0.410. The maximum Gasteiger partial charge on any atom is 0.0680 e. The fourth-order valence-electron chi connectivity index (χ4n) is 4.39. The van der Waals surface area contributed by atoms with Crippen LogP contribution in [0.4, 0.5) is 0 Å². The van der Waals surface area contributed by atoms with Gasteiger partial charge in [0, 0.05) is 18.6 Å². The first-order valence-electron chi connectivity index (χ1n) is 8.08. The summed E-state index contributed by atoms with van der Waals surface area (Å²) in [6, 6.07) is 11.9. The van der Waals surface area contributed by atoms with Crippen LogP contribution < -0.4 is 0 Å². The molecule has 1 aromatic rings. The Morgan fingerprint density at radius 3 is 2.30 bits per heavy atom. The highest BCUT2D eigenvalue weighted by Gasteiger charge is 2.47. The van der Waals surface area contributed by atoms with Crippen molar-refractivity contribution in [2.45, 2.75) is 70.2 Å². The summed E-state index contributed by atoms with van der Waals surface area (Å²) in [5.74, 6) is 0.583. The van der Waals surface area contributed by atoms with E-state index >= 15 is 0 Å². The number of hydrogen-bond donors (Lipinski definition) is 1. The highest BCUT2D eigenvalue weighted by atomic mass is 16.3. The molecule has 2 unspecified atom stereocenters. The van der Waals surface area contributed by atoms with Gasteiger partial charge in [-0.2, -0.15) is 0 Å². The van der Waals surface area contributed by atoms with Crippen molar-refractivity contribution in [3.63, 3.8) is 0 Å². The van der Waals surface area contributed by atoms with E-state index in [2.05, 4.69) is 49.1 Å². The van der Waals surface area contributed by atoms with Crippen LogP contribution in [0.15, 0.2) is 30.3 Å². The Labute approximate surface area is 122 Å². The minimum absolute atomic E-state index is 0.410. The molecule has 2 bridgehead atoms. The maximum atomic E-state index is 10.9. The van der Waals surface area contributed by atoms with E-state index in [4.69, 9.17) is 0 Å². The van der Waals surface area contributed by atoms with E-state index in [1.807, 2.05) is 0 Å². The predicted octanol–water partition coefficient (Wildman–Crippen LogP) is 3.59. The van der Waals surface area contributed by atoms with Gasteiger partial charge in [0.2, 0.25) is 0 Å². The third-order valence-corrected chi connectivity index (χ3v) is 5.00. The Morgan fingerprint density at radius 2 is 1.75 bits per heavy atom. The van der Waals surface area contributed by atoms with Crippen LogP contribution in [0.5, 0.6) is 0 Å². The topological polar surface area (TPSA) is 23.5 Å². The lowest BCUT2D eigenvalue weighted by molar-refractivity contribution is -0.0665. The van der Waals surface area contributed by atoms with Gasteiger partial charge in [0.05, 0.1) is 5.60 Å². The maximum absolute atomic E-state index is 10.9. The Morgan fingerprint density at radius 1 is 1.15 bits per heavy atom. The van der Waals surface area contributed by atoms with Gasteiger partial charge in [-0.15, -0.1) is 0 Å². The van der Waals surface area contributed by atoms with E-state index in [0.29, 0.717) is 18.0 Å². The Balaban J connectivity index is 1.69. The summed E-state index contributed by atoms with van der Waals surface area (Å²) in [5.41, 5.74) is 0.992. The van der Waals surface area contributed by atoms with Crippen LogP contribution in [-0.4, -0.2) is 27.7 Å². The van der Waals surface area contributed by atoms with Gasteiger partial charge in [-0.3, -0.25) is 4.90 Å². The van der Waals surface area contributed by atoms with Gasteiger partial charge in [0.1, 0.15) is 0 Å². The van der Waals surface area contributed by atoms with Crippen LogP contribution in [0.1, 0.15) is 51.5 Å². The summed E-state index contributed by atoms with van der Waals surface area (Å²) >= 11 is 0. The van der Waals surface area contributed by atoms with Gasteiger partial charge >= 0.3 is 0 Å². The van der Waals surface area contributed by atoms with Crippen molar-refractivity contribution in [1.82, 2.24) is 4.90 Å². The zero-order chi connectivity index (χ0) is 14.2. The van der Waals surface area contributed by atoms with Gasteiger partial charge in [0.25, 0.3) is 0 Å². The largest absolute Gasteiger partial charge is 0.390 e. The number of aliphatic hydroxyl groups is 1. The van der Waals surface area contributed by atoms with Crippen molar-refractivity contribution in [3.05, 3.63) is 35.9 Å². The Bertz CT molecular complexity index is 428. The molecule has 2 heteroatoms. The molecule has 0 spiro atoms. The van der Waals surface area contributed by atoms with Crippen LogP contribution >= 0.6 is 0 Å². The van der Waals surface area contributed by atoms with Crippen molar-refractivity contribution in [3.8, 4) is 0 Å². The van der Waals surface area contributed by atoms with E-state index in [0.717, 1.165) is 25.8 Å².